The van der Waals surface area contributed by atoms with Gasteiger partial charge < -0.3 is 10.2 Å². The molecule has 0 aliphatic heterocycles. The van der Waals surface area contributed by atoms with Crippen LogP contribution in [0.1, 0.15) is 45.4 Å². The molecule has 0 spiro atoms. The van der Waals surface area contributed by atoms with E-state index in [1.54, 1.807) is 12.2 Å². The number of aliphatic hydroxyl groups excluding tert-OH is 1. The van der Waals surface area contributed by atoms with Crippen LogP contribution in [0, 0.1) is 23.2 Å². The average Bonchev–Trinajstić information content (AvgIpc) is 2.76. The zero-order valence-corrected chi connectivity index (χ0v) is 12.6. The number of aliphatic hydroxyl groups is 2. The van der Waals surface area contributed by atoms with E-state index in [0.29, 0.717) is 11.8 Å². The van der Waals surface area contributed by atoms with E-state index in [1.165, 1.54) is 6.08 Å². The number of ketones is 1. The van der Waals surface area contributed by atoms with E-state index in [0.717, 1.165) is 44.1 Å². The van der Waals surface area contributed by atoms with Crippen LogP contribution in [-0.2, 0) is 4.79 Å². The minimum atomic E-state index is -0.911. The van der Waals surface area contributed by atoms with Crippen molar-refractivity contribution >= 4 is 5.78 Å². The molecule has 0 heterocycles. The Bertz CT molecular complexity index is 549. The Hall–Kier alpha value is -0.930. The minimum absolute atomic E-state index is 0.00469. The molecule has 0 aromatic rings. The topological polar surface area (TPSA) is 57.5 Å². The first kappa shape index (κ1) is 13.7. The summed E-state index contributed by atoms with van der Waals surface area (Å²) < 4.78 is 0. The summed E-state index contributed by atoms with van der Waals surface area (Å²) in [7, 11) is 0. The molecule has 6 atom stereocenters. The number of carbonyl (C=O) groups is 1. The fraction of sp³-hybridized carbons (Fsp3) is 0.722. The second kappa shape index (κ2) is 4.30. The molecule has 0 saturated heterocycles. The van der Waals surface area contributed by atoms with Gasteiger partial charge in [0.05, 0.1) is 6.10 Å². The van der Waals surface area contributed by atoms with Crippen LogP contribution in [0.25, 0.3) is 0 Å². The lowest BCUT2D eigenvalue weighted by Gasteiger charge is -2.55. The molecule has 3 saturated carbocycles. The monoisotopic (exact) mass is 288 g/mol. The lowest BCUT2D eigenvalue weighted by atomic mass is 9.51. The predicted octanol–water partition coefficient (Wildman–Crippen LogP) is 2.38. The summed E-state index contributed by atoms with van der Waals surface area (Å²) in [5.41, 5.74) is 0.0388. The predicted molar refractivity (Wildman–Crippen MR) is 79.5 cm³/mol. The lowest BCUT2D eigenvalue weighted by Crippen LogP contribution is -2.54. The molecule has 0 bridgehead atoms. The zero-order valence-electron chi connectivity index (χ0n) is 12.6. The Balaban J connectivity index is 1.70. The number of allylic oxidation sites excluding steroid dienone is 2. The van der Waals surface area contributed by atoms with Crippen molar-refractivity contribution in [2.45, 2.75) is 57.2 Å². The highest BCUT2D eigenvalue weighted by Crippen LogP contribution is 2.62. The number of hydrogen-bond donors (Lipinski definition) is 2. The second-order valence-corrected chi connectivity index (χ2v) is 7.78. The molecule has 0 aromatic heterocycles. The van der Waals surface area contributed by atoms with Gasteiger partial charge in [-0.05, 0) is 85.5 Å². The van der Waals surface area contributed by atoms with Gasteiger partial charge in [0.25, 0.3) is 0 Å². The average molecular weight is 288 g/mol. The summed E-state index contributed by atoms with van der Waals surface area (Å²) in [5.74, 6) is 1.21. The van der Waals surface area contributed by atoms with Crippen molar-refractivity contribution in [1.82, 2.24) is 0 Å². The molecule has 3 fully saturated rings. The summed E-state index contributed by atoms with van der Waals surface area (Å²) in [6.07, 6.45) is 10.5. The highest BCUT2D eigenvalue weighted by atomic mass is 16.3. The maximum absolute atomic E-state index is 11.6. The molecule has 114 valence electrons. The van der Waals surface area contributed by atoms with Crippen molar-refractivity contribution in [3.05, 3.63) is 23.8 Å². The third kappa shape index (κ3) is 1.71. The minimum Gasteiger partial charge on any atom is -0.393 e. The first-order valence-electron chi connectivity index (χ1n) is 8.30. The van der Waals surface area contributed by atoms with Gasteiger partial charge in [0.15, 0.2) is 5.78 Å². The van der Waals surface area contributed by atoms with E-state index in [9.17, 15) is 15.0 Å². The van der Waals surface area contributed by atoms with E-state index < -0.39 is 5.60 Å². The summed E-state index contributed by atoms with van der Waals surface area (Å²) in [6.45, 7) is 2.24. The normalized spacial score (nSPS) is 52.0. The van der Waals surface area contributed by atoms with Gasteiger partial charge in [0.1, 0.15) is 5.60 Å². The van der Waals surface area contributed by atoms with Crippen molar-refractivity contribution in [2.24, 2.45) is 23.2 Å². The van der Waals surface area contributed by atoms with E-state index >= 15 is 0 Å². The van der Waals surface area contributed by atoms with E-state index in [1.807, 2.05) is 0 Å². The summed E-state index contributed by atoms with van der Waals surface area (Å²) in [4.78, 5) is 11.6. The molecule has 0 amide bonds. The standard InChI is InChI=1S/C18H24O3/c1-17-8-7-15-13(14(17)4-5-16(17)20)3-2-11-10-12(19)6-9-18(11,15)21/h6,9-10,13-16,20-21H,2-5,7-8H2,1H3/t13-,14-,15-,16-,17-,18-/m0/s1. The van der Waals surface area contributed by atoms with Crippen LogP contribution in [0.2, 0.25) is 0 Å². The molecule has 0 unspecified atom stereocenters. The number of carbonyl (C=O) groups excluding carboxylic acids is 1. The zero-order chi connectivity index (χ0) is 14.8. The van der Waals surface area contributed by atoms with Crippen LogP contribution < -0.4 is 0 Å². The molecule has 4 aliphatic carbocycles. The molecule has 0 aromatic carbocycles. The van der Waals surface area contributed by atoms with Crippen LogP contribution in [0.3, 0.4) is 0 Å². The number of rotatable bonds is 0. The fourth-order valence-electron chi connectivity index (χ4n) is 5.82. The quantitative estimate of drug-likeness (QED) is 0.719. The maximum Gasteiger partial charge on any atom is 0.178 e. The van der Waals surface area contributed by atoms with Crippen LogP contribution in [0.15, 0.2) is 23.8 Å². The third-order valence-corrected chi connectivity index (χ3v) is 7.03. The second-order valence-electron chi connectivity index (χ2n) is 7.78. The summed E-state index contributed by atoms with van der Waals surface area (Å²) >= 11 is 0. The largest absolute Gasteiger partial charge is 0.393 e. The lowest BCUT2D eigenvalue weighted by molar-refractivity contribution is -0.113. The smallest absolute Gasteiger partial charge is 0.178 e. The Morgan fingerprint density at radius 3 is 2.81 bits per heavy atom. The van der Waals surface area contributed by atoms with Crippen molar-refractivity contribution < 1.29 is 15.0 Å². The Labute approximate surface area is 125 Å². The van der Waals surface area contributed by atoms with E-state index in [4.69, 9.17) is 0 Å². The summed E-state index contributed by atoms with van der Waals surface area (Å²) in [5, 5.41) is 21.6. The number of hydrogen-bond acceptors (Lipinski definition) is 3. The maximum atomic E-state index is 11.6. The van der Waals surface area contributed by atoms with Gasteiger partial charge in [-0.2, -0.15) is 0 Å². The van der Waals surface area contributed by atoms with Crippen LogP contribution >= 0.6 is 0 Å². The molecule has 0 radical (unpaired) electrons. The molecular formula is C18H24O3. The van der Waals surface area contributed by atoms with Crippen LogP contribution in [0.4, 0.5) is 0 Å². The Morgan fingerprint density at radius 1 is 1.19 bits per heavy atom. The van der Waals surface area contributed by atoms with Crippen LogP contribution in [-0.4, -0.2) is 27.7 Å². The van der Waals surface area contributed by atoms with Gasteiger partial charge in [-0.1, -0.05) is 6.92 Å². The third-order valence-electron chi connectivity index (χ3n) is 7.03. The molecule has 3 nitrogen and oxygen atoms in total. The van der Waals surface area contributed by atoms with Gasteiger partial charge in [0.2, 0.25) is 0 Å². The van der Waals surface area contributed by atoms with Gasteiger partial charge in [0, 0.05) is 0 Å². The van der Waals surface area contributed by atoms with Crippen molar-refractivity contribution in [1.29, 1.82) is 0 Å². The molecule has 2 N–H and O–H groups in total. The summed E-state index contributed by atoms with van der Waals surface area (Å²) in [6, 6.07) is 0. The van der Waals surface area contributed by atoms with E-state index in [-0.39, 0.29) is 23.2 Å². The van der Waals surface area contributed by atoms with Crippen molar-refractivity contribution in [2.75, 3.05) is 0 Å². The van der Waals surface area contributed by atoms with Gasteiger partial charge in [-0.3, -0.25) is 4.79 Å². The van der Waals surface area contributed by atoms with Crippen molar-refractivity contribution in [3.8, 4) is 0 Å². The van der Waals surface area contributed by atoms with Crippen molar-refractivity contribution in [3.63, 3.8) is 0 Å². The number of fused-ring (bicyclic) bond motifs is 5. The van der Waals surface area contributed by atoms with E-state index in [2.05, 4.69) is 6.92 Å². The van der Waals surface area contributed by atoms with Crippen LogP contribution in [0.5, 0.6) is 0 Å². The molecule has 4 rings (SSSR count). The van der Waals surface area contributed by atoms with Gasteiger partial charge >= 0.3 is 0 Å². The molecule has 4 aliphatic rings. The van der Waals surface area contributed by atoms with Gasteiger partial charge in [-0.15, -0.1) is 0 Å². The molecule has 3 heteroatoms. The highest BCUT2D eigenvalue weighted by molar-refractivity contribution is 6.01. The molecular weight excluding hydrogens is 264 g/mol. The fourth-order valence-corrected chi connectivity index (χ4v) is 5.82. The Kier molecular flexibility index (Phi) is 2.81. The SMILES string of the molecule is C[C@]12CC[C@H]3[C@@H](CCC4=CC(=O)C=C[C@]43O)[C@@H]1CC[C@@H]2O. The van der Waals surface area contributed by atoms with Gasteiger partial charge in [-0.25, -0.2) is 0 Å². The first-order chi connectivity index (χ1) is 9.95. The Morgan fingerprint density at radius 2 is 2.00 bits per heavy atom. The molecule has 21 heavy (non-hydrogen) atoms. The highest BCUT2D eigenvalue weighted by Gasteiger charge is 2.59. The first-order valence-corrected chi connectivity index (χ1v) is 8.30.